The Morgan fingerprint density at radius 1 is 1.53 bits per heavy atom. The van der Waals surface area contributed by atoms with Gasteiger partial charge in [-0.3, -0.25) is 0 Å². The number of hydrogen-bond acceptors (Lipinski definition) is 4. The second-order valence-corrected chi connectivity index (χ2v) is 5.51. The maximum absolute atomic E-state index is 13.5. The molecule has 0 aliphatic rings. The van der Waals surface area contributed by atoms with Crippen LogP contribution < -0.4 is 5.32 Å². The molecule has 0 heterocycles. The SMILES string of the molecule is CSCC(C)(O)CNCc1cc(C(=O)O)ccc1F. The number of hydrogen-bond donors (Lipinski definition) is 3. The van der Waals surface area contributed by atoms with Gasteiger partial charge in [0.2, 0.25) is 0 Å². The molecule has 0 spiro atoms. The van der Waals surface area contributed by atoms with Crippen LogP contribution in [0.3, 0.4) is 0 Å². The minimum Gasteiger partial charge on any atom is -0.478 e. The molecule has 6 heteroatoms. The predicted molar refractivity (Wildman–Crippen MR) is 74.1 cm³/mol. The topological polar surface area (TPSA) is 69.6 Å². The van der Waals surface area contributed by atoms with Crippen LogP contribution in [0.25, 0.3) is 0 Å². The summed E-state index contributed by atoms with van der Waals surface area (Å²) < 4.78 is 13.5. The monoisotopic (exact) mass is 287 g/mol. The highest BCUT2D eigenvalue weighted by Gasteiger charge is 2.19. The zero-order chi connectivity index (χ0) is 14.5. The lowest BCUT2D eigenvalue weighted by molar-refractivity contribution is 0.0695. The third-order valence-corrected chi connectivity index (χ3v) is 3.48. The van der Waals surface area contributed by atoms with Gasteiger partial charge in [-0.1, -0.05) is 0 Å². The Morgan fingerprint density at radius 2 is 2.21 bits per heavy atom. The van der Waals surface area contributed by atoms with Crippen molar-refractivity contribution in [2.45, 2.75) is 19.1 Å². The van der Waals surface area contributed by atoms with Crippen LogP contribution in [0.1, 0.15) is 22.8 Å². The van der Waals surface area contributed by atoms with Crippen LogP contribution in [-0.2, 0) is 6.54 Å². The van der Waals surface area contributed by atoms with Gasteiger partial charge in [-0.2, -0.15) is 11.8 Å². The highest BCUT2D eigenvalue weighted by atomic mass is 32.2. The minimum atomic E-state index is -1.09. The van der Waals surface area contributed by atoms with Crippen molar-refractivity contribution in [3.8, 4) is 0 Å². The maximum Gasteiger partial charge on any atom is 0.335 e. The third-order valence-electron chi connectivity index (χ3n) is 2.57. The number of carbonyl (C=O) groups is 1. The second kappa shape index (κ2) is 6.88. The molecule has 0 bridgehead atoms. The number of carboxylic acids is 1. The number of aromatic carboxylic acids is 1. The largest absolute Gasteiger partial charge is 0.478 e. The standard InChI is InChI=1S/C13H18FNO3S/c1-13(18,8-19-2)7-15-6-10-5-9(12(16)17)3-4-11(10)14/h3-5,15,18H,6-8H2,1-2H3,(H,16,17). The quantitative estimate of drug-likeness (QED) is 0.712. The molecule has 1 aromatic rings. The fraction of sp³-hybridized carbons (Fsp3) is 0.462. The van der Waals surface area contributed by atoms with Crippen molar-refractivity contribution >= 4 is 17.7 Å². The van der Waals surface area contributed by atoms with Gasteiger partial charge >= 0.3 is 5.97 Å². The van der Waals surface area contributed by atoms with E-state index in [1.165, 1.54) is 23.9 Å². The molecule has 0 fully saturated rings. The molecule has 1 atom stereocenters. The molecular weight excluding hydrogens is 269 g/mol. The van der Waals surface area contributed by atoms with E-state index < -0.39 is 17.4 Å². The van der Waals surface area contributed by atoms with Gasteiger partial charge in [0.05, 0.1) is 11.2 Å². The Bertz CT molecular complexity index is 452. The van der Waals surface area contributed by atoms with Crippen molar-refractivity contribution in [1.29, 1.82) is 0 Å². The summed E-state index contributed by atoms with van der Waals surface area (Å²) in [5.41, 5.74) is -0.547. The maximum atomic E-state index is 13.5. The van der Waals surface area contributed by atoms with Gasteiger partial charge in [-0.15, -0.1) is 0 Å². The molecule has 0 amide bonds. The summed E-state index contributed by atoms with van der Waals surface area (Å²) in [5, 5.41) is 21.7. The van der Waals surface area contributed by atoms with Crippen molar-refractivity contribution in [1.82, 2.24) is 5.32 Å². The number of halogens is 1. The normalized spacial score (nSPS) is 14.1. The van der Waals surface area contributed by atoms with Crippen molar-refractivity contribution in [2.75, 3.05) is 18.6 Å². The molecule has 0 aliphatic heterocycles. The smallest absolute Gasteiger partial charge is 0.335 e. The minimum absolute atomic E-state index is 0.0501. The van der Waals surface area contributed by atoms with E-state index in [9.17, 15) is 14.3 Å². The fourth-order valence-electron chi connectivity index (χ4n) is 1.67. The van der Waals surface area contributed by atoms with Crippen LogP contribution in [0.15, 0.2) is 18.2 Å². The van der Waals surface area contributed by atoms with Crippen LogP contribution in [-0.4, -0.2) is 40.3 Å². The van der Waals surface area contributed by atoms with E-state index >= 15 is 0 Å². The number of benzene rings is 1. The Morgan fingerprint density at radius 3 is 2.79 bits per heavy atom. The molecule has 0 aliphatic carbocycles. The number of rotatable bonds is 7. The molecule has 0 aromatic heterocycles. The molecule has 1 aromatic carbocycles. The van der Waals surface area contributed by atoms with Gasteiger partial charge in [0, 0.05) is 24.4 Å². The third kappa shape index (κ3) is 5.18. The average molecular weight is 287 g/mol. The fourth-order valence-corrected chi connectivity index (χ4v) is 2.40. The second-order valence-electron chi connectivity index (χ2n) is 4.64. The number of aliphatic hydroxyl groups is 1. The molecule has 1 unspecified atom stereocenters. The Balaban J connectivity index is 2.62. The van der Waals surface area contributed by atoms with Crippen LogP contribution in [0.5, 0.6) is 0 Å². The summed E-state index contributed by atoms with van der Waals surface area (Å²) in [5.74, 6) is -0.977. The lowest BCUT2D eigenvalue weighted by Gasteiger charge is -2.22. The van der Waals surface area contributed by atoms with Gasteiger partial charge in [-0.05, 0) is 31.4 Å². The van der Waals surface area contributed by atoms with Crippen molar-refractivity contribution in [3.05, 3.63) is 35.1 Å². The van der Waals surface area contributed by atoms with E-state index in [0.717, 1.165) is 6.07 Å². The average Bonchev–Trinajstić information content (AvgIpc) is 2.30. The molecule has 3 N–H and O–H groups in total. The molecule has 0 radical (unpaired) electrons. The van der Waals surface area contributed by atoms with Crippen molar-refractivity contribution in [2.24, 2.45) is 0 Å². The number of thioether (sulfide) groups is 1. The summed E-state index contributed by atoms with van der Waals surface area (Å²) in [6, 6.07) is 3.67. The molecule has 4 nitrogen and oxygen atoms in total. The summed E-state index contributed by atoms with van der Waals surface area (Å²) in [7, 11) is 0. The first-order valence-electron chi connectivity index (χ1n) is 5.79. The first-order valence-corrected chi connectivity index (χ1v) is 7.19. The first-order chi connectivity index (χ1) is 8.85. The molecule has 0 saturated heterocycles. The Labute approximate surface area is 116 Å². The van der Waals surface area contributed by atoms with Gasteiger partial charge < -0.3 is 15.5 Å². The Kier molecular flexibility index (Phi) is 5.78. The van der Waals surface area contributed by atoms with Gasteiger partial charge in [0.1, 0.15) is 5.82 Å². The van der Waals surface area contributed by atoms with Gasteiger partial charge in [0.15, 0.2) is 0 Å². The van der Waals surface area contributed by atoms with Gasteiger partial charge in [0.25, 0.3) is 0 Å². The first kappa shape index (κ1) is 15.9. The molecule has 19 heavy (non-hydrogen) atoms. The lowest BCUT2D eigenvalue weighted by Crippen LogP contribution is -2.39. The van der Waals surface area contributed by atoms with E-state index in [-0.39, 0.29) is 17.7 Å². The van der Waals surface area contributed by atoms with E-state index in [2.05, 4.69) is 5.32 Å². The highest BCUT2D eigenvalue weighted by molar-refractivity contribution is 7.98. The van der Waals surface area contributed by atoms with Crippen LogP contribution in [0.2, 0.25) is 0 Å². The van der Waals surface area contributed by atoms with Crippen molar-refractivity contribution in [3.63, 3.8) is 0 Å². The summed E-state index contributed by atoms with van der Waals surface area (Å²) >= 11 is 1.52. The molecular formula is C13H18FNO3S. The van der Waals surface area contributed by atoms with E-state index in [1.807, 2.05) is 6.26 Å². The lowest BCUT2D eigenvalue weighted by atomic mass is 10.1. The summed E-state index contributed by atoms with van der Waals surface area (Å²) in [6.45, 7) is 2.18. The van der Waals surface area contributed by atoms with Crippen LogP contribution >= 0.6 is 11.8 Å². The zero-order valence-corrected chi connectivity index (χ0v) is 11.8. The van der Waals surface area contributed by atoms with E-state index in [0.29, 0.717) is 12.3 Å². The van der Waals surface area contributed by atoms with E-state index in [1.54, 1.807) is 6.92 Å². The molecule has 106 valence electrons. The van der Waals surface area contributed by atoms with Crippen LogP contribution in [0.4, 0.5) is 4.39 Å². The summed E-state index contributed by atoms with van der Waals surface area (Å²) in [6.07, 6.45) is 1.89. The van der Waals surface area contributed by atoms with Gasteiger partial charge in [-0.25, -0.2) is 9.18 Å². The van der Waals surface area contributed by atoms with Crippen molar-refractivity contribution < 1.29 is 19.4 Å². The highest BCUT2D eigenvalue weighted by Crippen LogP contribution is 2.12. The molecule has 0 saturated carbocycles. The number of nitrogens with one attached hydrogen (secondary N) is 1. The zero-order valence-electron chi connectivity index (χ0n) is 10.9. The summed E-state index contributed by atoms with van der Waals surface area (Å²) in [4.78, 5) is 10.8. The van der Waals surface area contributed by atoms with E-state index in [4.69, 9.17) is 5.11 Å². The number of carboxylic acid groups (broad SMARTS) is 1. The molecule has 1 rings (SSSR count). The van der Waals surface area contributed by atoms with Crippen LogP contribution in [0, 0.1) is 5.82 Å². The predicted octanol–water partition coefficient (Wildman–Crippen LogP) is 1.73. The Hall–Kier alpha value is -1.11.